The maximum Gasteiger partial charge on any atom is 0.251 e. The molecule has 0 aromatic rings. The molecule has 0 bridgehead atoms. The first kappa shape index (κ1) is 18.8. The summed E-state index contributed by atoms with van der Waals surface area (Å²) in [6.07, 6.45) is 2.93. The number of aliphatic imine (C=N–C) groups is 1. The van der Waals surface area contributed by atoms with Crippen LogP contribution >= 0.6 is 24.0 Å². The van der Waals surface area contributed by atoms with Gasteiger partial charge < -0.3 is 19.9 Å². The third-order valence-corrected chi connectivity index (χ3v) is 4.83. The van der Waals surface area contributed by atoms with Crippen molar-refractivity contribution in [2.75, 3.05) is 39.3 Å². The van der Waals surface area contributed by atoms with Gasteiger partial charge in [-0.3, -0.25) is 9.79 Å². The van der Waals surface area contributed by atoms with Crippen molar-refractivity contribution in [1.29, 1.82) is 0 Å². The molecule has 0 radical (unpaired) electrons. The minimum Gasteiger partial charge on any atom is -0.368 e. The van der Waals surface area contributed by atoms with E-state index in [1.54, 1.807) is 0 Å². The number of nitrogens with zero attached hydrogens (tertiary/aromatic N) is 3. The molecule has 132 valence electrons. The Hall–Kier alpha value is -0.570. The number of rotatable bonds is 3. The Kier molecular flexibility index (Phi) is 6.94. The molecule has 3 unspecified atom stereocenters. The minimum atomic E-state index is -0.194. The summed E-state index contributed by atoms with van der Waals surface area (Å²) < 4.78 is 5.51. The van der Waals surface area contributed by atoms with Gasteiger partial charge in [0.2, 0.25) is 0 Å². The maximum absolute atomic E-state index is 12.4. The molecular weight excluding hydrogens is 407 g/mol. The van der Waals surface area contributed by atoms with Crippen LogP contribution in [0.4, 0.5) is 0 Å². The van der Waals surface area contributed by atoms with Gasteiger partial charge in [0.1, 0.15) is 6.10 Å². The number of carbonyl (C=O) groups excluding carboxylic acids is 1. The monoisotopic (exact) mass is 436 g/mol. The standard InChI is InChI=1S/C16H28N4O2.HI/c1-3-17-16(18-13-11-12(13)2)20-8-6-19(7-9-20)15(21)14-5-4-10-22-14;/h12-14H,3-11H2,1-2H3,(H,17,18);1H. The first-order valence-electron chi connectivity index (χ1n) is 8.65. The highest BCUT2D eigenvalue weighted by atomic mass is 127. The molecular formula is C16H29IN4O2. The Morgan fingerprint density at radius 3 is 2.43 bits per heavy atom. The summed E-state index contributed by atoms with van der Waals surface area (Å²) in [6.45, 7) is 9.09. The summed E-state index contributed by atoms with van der Waals surface area (Å²) in [5.41, 5.74) is 0. The molecule has 2 saturated heterocycles. The Balaban J connectivity index is 0.00000192. The largest absolute Gasteiger partial charge is 0.368 e. The van der Waals surface area contributed by atoms with Gasteiger partial charge in [-0.15, -0.1) is 24.0 Å². The van der Waals surface area contributed by atoms with E-state index in [4.69, 9.17) is 4.74 Å². The molecule has 3 fully saturated rings. The molecule has 2 aliphatic heterocycles. The van der Waals surface area contributed by atoms with E-state index in [0.29, 0.717) is 6.04 Å². The van der Waals surface area contributed by atoms with Crippen LogP contribution in [0.25, 0.3) is 0 Å². The molecule has 23 heavy (non-hydrogen) atoms. The zero-order valence-electron chi connectivity index (χ0n) is 14.2. The first-order valence-corrected chi connectivity index (χ1v) is 8.65. The van der Waals surface area contributed by atoms with Gasteiger partial charge in [-0.25, -0.2) is 0 Å². The summed E-state index contributed by atoms with van der Waals surface area (Å²) in [5.74, 6) is 1.94. The van der Waals surface area contributed by atoms with Crippen molar-refractivity contribution in [3.05, 3.63) is 0 Å². The van der Waals surface area contributed by atoms with Gasteiger partial charge >= 0.3 is 0 Å². The fraction of sp³-hybridized carbons (Fsp3) is 0.875. The highest BCUT2D eigenvalue weighted by Crippen LogP contribution is 2.29. The number of nitrogens with one attached hydrogen (secondary N) is 1. The zero-order chi connectivity index (χ0) is 15.5. The van der Waals surface area contributed by atoms with Crippen LogP contribution in [0.5, 0.6) is 0 Å². The molecule has 1 amide bonds. The highest BCUT2D eigenvalue weighted by Gasteiger charge is 2.35. The van der Waals surface area contributed by atoms with Crippen molar-refractivity contribution in [3.63, 3.8) is 0 Å². The molecule has 0 aromatic carbocycles. The van der Waals surface area contributed by atoms with Crippen molar-refractivity contribution in [3.8, 4) is 0 Å². The summed E-state index contributed by atoms with van der Waals surface area (Å²) in [4.78, 5) is 21.2. The molecule has 0 spiro atoms. The molecule has 3 atom stereocenters. The van der Waals surface area contributed by atoms with Crippen molar-refractivity contribution in [2.45, 2.75) is 45.3 Å². The number of hydrogen-bond acceptors (Lipinski definition) is 3. The third kappa shape index (κ3) is 4.71. The Bertz CT molecular complexity index is 432. The average Bonchev–Trinajstić information content (AvgIpc) is 3.02. The van der Waals surface area contributed by atoms with E-state index >= 15 is 0 Å². The van der Waals surface area contributed by atoms with Crippen molar-refractivity contribution < 1.29 is 9.53 Å². The molecule has 0 aromatic heterocycles. The summed E-state index contributed by atoms with van der Waals surface area (Å²) >= 11 is 0. The molecule has 7 heteroatoms. The van der Waals surface area contributed by atoms with E-state index in [1.807, 2.05) is 4.90 Å². The summed E-state index contributed by atoms with van der Waals surface area (Å²) in [7, 11) is 0. The zero-order valence-corrected chi connectivity index (χ0v) is 16.5. The summed E-state index contributed by atoms with van der Waals surface area (Å²) in [5, 5.41) is 3.56. The lowest BCUT2D eigenvalue weighted by Crippen LogP contribution is -2.55. The third-order valence-electron chi connectivity index (χ3n) is 4.83. The molecule has 3 rings (SSSR count). The lowest BCUT2D eigenvalue weighted by Gasteiger charge is -2.37. The lowest BCUT2D eigenvalue weighted by molar-refractivity contribution is -0.142. The van der Waals surface area contributed by atoms with E-state index in [1.165, 1.54) is 6.42 Å². The number of carbonyl (C=O) groups is 1. The van der Waals surface area contributed by atoms with Crippen molar-refractivity contribution in [2.24, 2.45) is 10.9 Å². The second kappa shape index (κ2) is 8.50. The lowest BCUT2D eigenvalue weighted by atomic mass is 10.2. The fourth-order valence-corrected chi connectivity index (χ4v) is 3.19. The predicted molar refractivity (Wildman–Crippen MR) is 101 cm³/mol. The number of piperazine rings is 1. The Morgan fingerprint density at radius 2 is 1.91 bits per heavy atom. The minimum absolute atomic E-state index is 0. The normalized spacial score (nSPS) is 30.9. The quantitative estimate of drug-likeness (QED) is 0.412. The van der Waals surface area contributed by atoms with Crippen LogP contribution in [-0.2, 0) is 9.53 Å². The van der Waals surface area contributed by atoms with Gasteiger partial charge in [0.25, 0.3) is 5.91 Å². The predicted octanol–water partition coefficient (Wildman–Crippen LogP) is 1.30. The molecule has 1 aliphatic carbocycles. The van der Waals surface area contributed by atoms with Crippen LogP contribution in [0, 0.1) is 5.92 Å². The topological polar surface area (TPSA) is 57.2 Å². The smallest absolute Gasteiger partial charge is 0.251 e. The first-order chi connectivity index (χ1) is 10.7. The van der Waals surface area contributed by atoms with E-state index in [0.717, 1.165) is 64.0 Å². The SMILES string of the molecule is CCN=C(NC1CC1C)N1CCN(C(=O)C2CCCO2)CC1.I. The molecule has 6 nitrogen and oxygen atoms in total. The van der Waals surface area contributed by atoms with Gasteiger partial charge in [0.05, 0.1) is 0 Å². The number of halogens is 1. The second-order valence-electron chi connectivity index (χ2n) is 6.58. The second-order valence-corrected chi connectivity index (χ2v) is 6.58. The molecule has 1 saturated carbocycles. The average molecular weight is 436 g/mol. The van der Waals surface area contributed by atoms with Crippen LogP contribution in [0.3, 0.4) is 0 Å². The van der Waals surface area contributed by atoms with Crippen LogP contribution in [0.2, 0.25) is 0 Å². The highest BCUT2D eigenvalue weighted by molar-refractivity contribution is 14.0. The van der Waals surface area contributed by atoms with E-state index in [2.05, 4.69) is 29.1 Å². The van der Waals surface area contributed by atoms with E-state index in [-0.39, 0.29) is 36.0 Å². The van der Waals surface area contributed by atoms with Crippen molar-refractivity contribution in [1.82, 2.24) is 15.1 Å². The molecule has 2 heterocycles. The van der Waals surface area contributed by atoms with Gasteiger partial charge in [0.15, 0.2) is 5.96 Å². The van der Waals surface area contributed by atoms with Gasteiger partial charge in [-0.1, -0.05) is 6.92 Å². The number of amides is 1. The van der Waals surface area contributed by atoms with Gasteiger partial charge in [-0.2, -0.15) is 0 Å². The Morgan fingerprint density at radius 1 is 1.26 bits per heavy atom. The van der Waals surface area contributed by atoms with Crippen molar-refractivity contribution >= 4 is 35.8 Å². The van der Waals surface area contributed by atoms with E-state index in [9.17, 15) is 4.79 Å². The Labute approximate surface area is 156 Å². The summed E-state index contributed by atoms with van der Waals surface area (Å²) in [6, 6.07) is 0.580. The van der Waals surface area contributed by atoms with E-state index < -0.39 is 0 Å². The van der Waals surface area contributed by atoms with Crippen LogP contribution in [0.1, 0.15) is 33.1 Å². The maximum atomic E-state index is 12.4. The molecule has 3 aliphatic rings. The van der Waals surface area contributed by atoms with Crippen LogP contribution in [0.15, 0.2) is 4.99 Å². The van der Waals surface area contributed by atoms with Gasteiger partial charge in [0, 0.05) is 45.4 Å². The van der Waals surface area contributed by atoms with Crippen LogP contribution < -0.4 is 5.32 Å². The van der Waals surface area contributed by atoms with Crippen LogP contribution in [-0.4, -0.2) is 73.1 Å². The fourth-order valence-electron chi connectivity index (χ4n) is 3.19. The number of ether oxygens (including phenoxy) is 1. The molecule has 1 N–H and O–H groups in total. The number of guanidine groups is 1. The van der Waals surface area contributed by atoms with Gasteiger partial charge in [-0.05, 0) is 32.1 Å². The number of hydrogen-bond donors (Lipinski definition) is 1.